The lowest BCUT2D eigenvalue weighted by Gasteiger charge is -2.19. The van der Waals surface area contributed by atoms with Crippen molar-refractivity contribution in [2.75, 3.05) is 4.42 Å². The zero-order valence-corrected chi connectivity index (χ0v) is 12.7. The van der Waals surface area contributed by atoms with Crippen LogP contribution in [0.2, 0.25) is 5.02 Å². The van der Waals surface area contributed by atoms with E-state index in [1.54, 1.807) is 54.6 Å². The Hall–Kier alpha value is -2.48. The van der Waals surface area contributed by atoms with Gasteiger partial charge in [-0.1, -0.05) is 41.9 Å². The van der Waals surface area contributed by atoms with Crippen molar-refractivity contribution in [2.45, 2.75) is 0 Å². The lowest BCUT2D eigenvalue weighted by Crippen LogP contribution is -2.05. The molecule has 0 aliphatic rings. The van der Waals surface area contributed by atoms with E-state index in [2.05, 4.69) is 0 Å². The van der Waals surface area contributed by atoms with Crippen molar-refractivity contribution in [1.82, 2.24) is 0 Å². The van der Waals surface area contributed by atoms with E-state index >= 15 is 0 Å². The fourth-order valence-corrected chi connectivity index (χ4v) is 2.39. The van der Waals surface area contributed by atoms with E-state index in [9.17, 15) is 4.79 Å². The van der Waals surface area contributed by atoms with Crippen molar-refractivity contribution < 1.29 is 9.90 Å². The molecule has 0 fully saturated rings. The van der Waals surface area contributed by atoms with Gasteiger partial charge in [0.2, 0.25) is 0 Å². The molecule has 0 heterocycles. The predicted molar refractivity (Wildman–Crippen MR) is 87.1 cm³/mol. The number of halogens is 2. The summed E-state index contributed by atoms with van der Waals surface area (Å²) in [6, 6.07) is 15.5. The number of nitriles is 1. The van der Waals surface area contributed by atoms with Gasteiger partial charge in [0.1, 0.15) is 11.6 Å². The average Bonchev–Trinajstić information content (AvgIpc) is 2.52. The Morgan fingerprint density at radius 1 is 1.14 bits per heavy atom. The second kappa shape index (κ2) is 6.99. The van der Waals surface area contributed by atoms with Crippen LogP contribution in [0.1, 0.15) is 5.56 Å². The van der Waals surface area contributed by atoms with E-state index in [0.29, 0.717) is 22.0 Å². The van der Waals surface area contributed by atoms with Crippen molar-refractivity contribution in [2.24, 2.45) is 0 Å². The van der Waals surface area contributed by atoms with Crippen LogP contribution in [-0.2, 0) is 4.79 Å². The Labute approximate surface area is 137 Å². The molecule has 2 rings (SSSR count). The predicted octanol–water partition coefficient (Wildman–Crippen LogP) is 4.62. The summed E-state index contributed by atoms with van der Waals surface area (Å²) in [6.45, 7) is 0. The molecule has 0 aliphatic heterocycles. The molecule has 0 aromatic heterocycles. The SMILES string of the molecule is N#CC(=Cc1ccccc1N(Cl)c1ccccc1Cl)C(=O)O. The highest BCUT2D eigenvalue weighted by molar-refractivity contribution is 6.37. The van der Waals surface area contributed by atoms with Gasteiger partial charge >= 0.3 is 5.97 Å². The highest BCUT2D eigenvalue weighted by Crippen LogP contribution is 2.36. The fourth-order valence-electron chi connectivity index (χ4n) is 1.83. The lowest BCUT2D eigenvalue weighted by atomic mass is 10.1. The highest BCUT2D eigenvalue weighted by Gasteiger charge is 2.14. The first kappa shape index (κ1) is 15.9. The van der Waals surface area contributed by atoms with Crippen LogP contribution in [0, 0.1) is 11.3 Å². The molecule has 2 aromatic carbocycles. The number of aliphatic carboxylic acids is 1. The van der Waals surface area contributed by atoms with Crippen molar-refractivity contribution in [3.05, 3.63) is 64.7 Å². The van der Waals surface area contributed by atoms with Gasteiger partial charge in [0.15, 0.2) is 0 Å². The molecule has 0 spiro atoms. The molecule has 0 unspecified atom stereocenters. The first-order valence-electron chi connectivity index (χ1n) is 6.19. The number of rotatable bonds is 4. The van der Waals surface area contributed by atoms with Gasteiger partial charge in [-0.15, -0.1) is 0 Å². The monoisotopic (exact) mass is 332 g/mol. The standard InChI is InChI=1S/C16H10Cl2N2O2/c17-13-6-2-4-8-15(13)20(18)14-7-3-1-5-11(14)9-12(10-19)16(21)22/h1-9H,(H,21,22). The summed E-state index contributed by atoms with van der Waals surface area (Å²) >= 11 is 12.5. The first-order chi connectivity index (χ1) is 10.5. The van der Waals surface area contributed by atoms with Crippen LogP contribution in [0.4, 0.5) is 11.4 Å². The fraction of sp³-hybridized carbons (Fsp3) is 0. The molecule has 0 aliphatic carbocycles. The van der Waals surface area contributed by atoms with Crippen LogP contribution < -0.4 is 4.42 Å². The van der Waals surface area contributed by atoms with Gasteiger partial charge in [-0.05, 0) is 24.3 Å². The van der Waals surface area contributed by atoms with Gasteiger partial charge in [-0.3, -0.25) is 4.42 Å². The third kappa shape index (κ3) is 3.40. The molecular weight excluding hydrogens is 323 g/mol. The summed E-state index contributed by atoms with van der Waals surface area (Å²) in [4.78, 5) is 11.0. The second-order valence-corrected chi connectivity index (χ2v) is 5.01. The Morgan fingerprint density at radius 3 is 2.32 bits per heavy atom. The normalized spacial score (nSPS) is 10.9. The summed E-state index contributed by atoms with van der Waals surface area (Å²) in [5, 5.41) is 18.3. The van der Waals surface area contributed by atoms with E-state index in [4.69, 9.17) is 33.7 Å². The van der Waals surface area contributed by atoms with Gasteiger partial charge in [0.05, 0.1) is 16.4 Å². The van der Waals surface area contributed by atoms with Crippen LogP contribution in [0.25, 0.3) is 6.08 Å². The number of benzene rings is 2. The van der Waals surface area contributed by atoms with E-state index < -0.39 is 5.97 Å². The molecule has 110 valence electrons. The summed E-state index contributed by atoms with van der Waals surface area (Å²) in [5.41, 5.74) is 1.19. The third-order valence-corrected chi connectivity index (χ3v) is 3.55. The van der Waals surface area contributed by atoms with E-state index in [0.717, 1.165) is 0 Å². The highest BCUT2D eigenvalue weighted by atomic mass is 35.5. The van der Waals surface area contributed by atoms with E-state index in [1.165, 1.54) is 10.5 Å². The van der Waals surface area contributed by atoms with Crippen molar-refractivity contribution in [3.8, 4) is 6.07 Å². The van der Waals surface area contributed by atoms with Gasteiger partial charge < -0.3 is 5.11 Å². The van der Waals surface area contributed by atoms with Crippen LogP contribution in [0.5, 0.6) is 0 Å². The molecule has 0 amide bonds. The number of hydrogen-bond acceptors (Lipinski definition) is 3. The van der Waals surface area contributed by atoms with Crippen molar-refractivity contribution in [3.63, 3.8) is 0 Å². The molecule has 0 bridgehead atoms. The smallest absolute Gasteiger partial charge is 0.346 e. The van der Waals surface area contributed by atoms with Gasteiger partial charge in [0, 0.05) is 17.3 Å². The largest absolute Gasteiger partial charge is 0.477 e. The molecule has 6 heteroatoms. The maximum absolute atomic E-state index is 11.0. The van der Waals surface area contributed by atoms with E-state index in [1.807, 2.05) is 0 Å². The molecule has 0 radical (unpaired) electrons. The minimum atomic E-state index is -1.30. The van der Waals surface area contributed by atoms with Crippen LogP contribution in [0.15, 0.2) is 54.1 Å². The van der Waals surface area contributed by atoms with Crippen molar-refractivity contribution in [1.29, 1.82) is 5.26 Å². The third-order valence-electron chi connectivity index (χ3n) is 2.86. The number of anilines is 2. The molecule has 0 atom stereocenters. The van der Waals surface area contributed by atoms with Gasteiger partial charge in [0.25, 0.3) is 0 Å². The summed E-state index contributed by atoms with van der Waals surface area (Å²) < 4.78 is 1.32. The topological polar surface area (TPSA) is 64.3 Å². The maximum Gasteiger partial charge on any atom is 0.346 e. The summed E-state index contributed by atoms with van der Waals surface area (Å²) in [5.74, 6) is -1.30. The number of para-hydroxylation sites is 2. The Bertz CT molecular complexity index is 782. The van der Waals surface area contributed by atoms with Crippen LogP contribution in [0.3, 0.4) is 0 Å². The molecule has 0 saturated carbocycles. The van der Waals surface area contributed by atoms with Gasteiger partial charge in [-0.2, -0.15) is 5.26 Å². The minimum absolute atomic E-state index is 0.378. The number of nitrogens with zero attached hydrogens (tertiary/aromatic N) is 2. The lowest BCUT2D eigenvalue weighted by molar-refractivity contribution is -0.132. The Morgan fingerprint density at radius 2 is 1.73 bits per heavy atom. The second-order valence-electron chi connectivity index (χ2n) is 4.27. The van der Waals surface area contributed by atoms with E-state index in [-0.39, 0.29) is 5.57 Å². The quantitative estimate of drug-likeness (QED) is 0.504. The number of carbonyl (C=O) groups is 1. The number of carboxylic acid groups (broad SMARTS) is 1. The first-order valence-corrected chi connectivity index (χ1v) is 6.90. The molecular formula is C16H10Cl2N2O2. The Kier molecular flexibility index (Phi) is 5.05. The molecule has 1 N–H and O–H groups in total. The van der Waals surface area contributed by atoms with Crippen molar-refractivity contribution >= 4 is 46.8 Å². The Balaban J connectivity index is 2.52. The minimum Gasteiger partial charge on any atom is -0.477 e. The van der Waals surface area contributed by atoms with Crippen LogP contribution in [-0.4, -0.2) is 11.1 Å². The maximum atomic E-state index is 11.0. The molecule has 0 saturated heterocycles. The number of hydrogen-bond donors (Lipinski definition) is 1. The van der Waals surface area contributed by atoms with Gasteiger partial charge in [-0.25, -0.2) is 4.79 Å². The summed E-state index contributed by atoms with van der Waals surface area (Å²) in [6.07, 6.45) is 1.27. The zero-order valence-electron chi connectivity index (χ0n) is 11.2. The summed E-state index contributed by atoms with van der Waals surface area (Å²) in [7, 11) is 0. The number of carboxylic acids is 1. The zero-order chi connectivity index (χ0) is 16.1. The van der Waals surface area contributed by atoms with Crippen LogP contribution >= 0.6 is 23.4 Å². The average molecular weight is 333 g/mol. The molecule has 4 nitrogen and oxygen atoms in total. The molecule has 2 aromatic rings. The molecule has 22 heavy (non-hydrogen) atoms.